The monoisotopic (exact) mass is 216 g/mol. The molecule has 1 aliphatic heterocycles. The van der Waals surface area contributed by atoms with E-state index in [1.165, 1.54) is 7.11 Å². The lowest BCUT2D eigenvalue weighted by molar-refractivity contribution is -0.109. The number of methoxy groups -OCH3 is 1. The summed E-state index contributed by atoms with van der Waals surface area (Å²) in [7, 11) is 1.53. The summed E-state index contributed by atoms with van der Waals surface area (Å²) in [5.74, 6) is 0.426. The van der Waals surface area contributed by atoms with Crippen molar-refractivity contribution in [3.05, 3.63) is 23.3 Å². The molecule has 0 saturated heterocycles. The van der Waals surface area contributed by atoms with Crippen molar-refractivity contribution in [1.29, 1.82) is 5.26 Å². The van der Waals surface area contributed by atoms with E-state index >= 15 is 0 Å². The predicted octanol–water partition coefficient (Wildman–Crippen LogP) is 1.66. The average Bonchev–Trinajstić information content (AvgIpc) is 2.36. The van der Waals surface area contributed by atoms with Crippen LogP contribution in [-0.2, 0) is 4.79 Å². The number of anilines is 1. The molecule has 4 nitrogen and oxygen atoms in total. The third-order valence-electron chi connectivity index (χ3n) is 2.83. The second-order valence-corrected chi connectivity index (χ2v) is 3.71. The molecular weight excluding hydrogens is 204 g/mol. The Bertz CT molecular complexity index is 463. The molecule has 1 N–H and O–H groups in total. The fraction of sp³-hybridized carbons (Fsp3) is 0.333. The van der Waals surface area contributed by atoms with E-state index < -0.39 is 0 Å². The molecule has 1 atom stereocenters. The normalized spacial score (nSPS) is 17.9. The number of rotatable bonds is 2. The molecule has 0 saturated carbocycles. The summed E-state index contributed by atoms with van der Waals surface area (Å²) in [5, 5.41) is 12.2. The van der Waals surface area contributed by atoms with Gasteiger partial charge in [-0.05, 0) is 18.1 Å². The van der Waals surface area contributed by atoms with Crippen LogP contribution in [0.3, 0.4) is 0 Å². The number of nitrogens with zero attached hydrogens (tertiary/aromatic N) is 1. The summed E-state index contributed by atoms with van der Waals surface area (Å²) in [6, 6.07) is 5.59. The van der Waals surface area contributed by atoms with Crippen molar-refractivity contribution in [2.45, 2.75) is 12.3 Å². The maximum atomic E-state index is 10.9. The predicted molar refractivity (Wildman–Crippen MR) is 59.6 cm³/mol. The first kappa shape index (κ1) is 10.5. The first-order valence-corrected chi connectivity index (χ1v) is 5.11. The van der Waals surface area contributed by atoms with Crippen molar-refractivity contribution in [1.82, 2.24) is 0 Å². The molecule has 16 heavy (non-hydrogen) atoms. The van der Waals surface area contributed by atoms with Gasteiger partial charge in [-0.2, -0.15) is 5.26 Å². The topological polar surface area (TPSA) is 62.1 Å². The lowest BCUT2D eigenvalue weighted by Gasteiger charge is -2.23. The largest absolute Gasteiger partial charge is 0.495 e. The number of nitriles is 1. The molecular formula is C12H12N2O2. The fourth-order valence-electron chi connectivity index (χ4n) is 1.97. The smallest absolute Gasteiger partial charge is 0.138 e. The quantitative estimate of drug-likeness (QED) is 0.764. The van der Waals surface area contributed by atoms with Crippen LogP contribution in [0.2, 0.25) is 0 Å². The van der Waals surface area contributed by atoms with Gasteiger partial charge in [-0.3, -0.25) is 0 Å². The van der Waals surface area contributed by atoms with Crippen LogP contribution in [0.4, 0.5) is 5.69 Å². The molecule has 0 radical (unpaired) electrons. The van der Waals surface area contributed by atoms with E-state index in [0.29, 0.717) is 11.3 Å². The van der Waals surface area contributed by atoms with Gasteiger partial charge in [-0.15, -0.1) is 0 Å². The van der Waals surface area contributed by atoms with Crippen LogP contribution >= 0.6 is 0 Å². The molecule has 0 amide bonds. The maximum Gasteiger partial charge on any atom is 0.138 e. The van der Waals surface area contributed by atoms with Gasteiger partial charge in [0.05, 0.1) is 12.7 Å². The van der Waals surface area contributed by atoms with Gasteiger partial charge < -0.3 is 14.8 Å². The van der Waals surface area contributed by atoms with Crippen LogP contribution in [0.15, 0.2) is 12.1 Å². The fourth-order valence-corrected chi connectivity index (χ4v) is 1.97. The Kier molecular flexibility index (Phi) is 2.78. The lowest BCUT2D eigenvalue weighted by Crippen LogP contribution is -2.18. The summed E-state index contributed by atoms with van der Waals surface area (Å²) in [6.07, 6.45) is 1.71. The van der Waals surface area contributed by atoms with Crippen molar-refractivity contribution in [3.8, 4) is 11.8 Å². The summed E-state index contributed by atoms with van der Waals surface area (Å²) >= 11 is 0. The minimum Gasteiger partial charge on any atom is -0.495 e. The SMILES string of the molecule is COc1cc2c(cc1C#N)C(C=O)CCN2. The molecule has 0 aromatic heterocycles. The molecule has 0 spiro atoms. The number of ether oxygens (including phenoxy) is 1. The van der Waals surface area contributed by atoms with Gasteiger partial charge in [0.15, 0.2) is 0 Å². The minimum absolute atomic E-state index is 0.116. The zero-order chi connectivity index (χ0) is 11.5. The first-order chi connectivity index (χ1) is 7.80. The number of carbonyl (C=O) groups is 1. The Morgan fingerprint density at radius 1 is 1.62 bits per heavy atom. The van der Waals surface area contributed by atoms with E-state index in [0.717, 1.165) is 30.5 Å². The highest BCUT2D eigenvalue weighted by Gasteiger charge is 2.21. The number of aldehydes is 1. The van der Waals surface area contributed by atoms with Crippen molar-refractivity contribution in [2.75, 3.05) is 19.0 Å². The Morgan fingerprint density at radius 2 is 2.44 bits per heavy atom. The summed E-state index contributed by atoms with van der Waals surface area (Å²) in [6.45, 7) is 0.769. The van der Waals surface area contributed by atoms with Gasteiger partial charge in [-0.1, -0.05) is 0 Å². The molecule has 0 bridgehead atoms. The Balaban J connectivity index is 2.55. The van der Waals surface area contributed by atoms with E-state index in [1.807, 2.05) is 0 Å². The van der Waals surface area contributed by atoms with Crippen LogP contribution in [-0.4, -0.2) is 19.9 Å². The van der Waals surface area contributed by atoms with E-state index in [-0.39, 0.29) is 5.92 Å². The van der Waals surface area contributed by atoms with Crippen LogP contribution in [0.1, 0.15) is 23.5 Å². The molecule has 1 heterocycles. The molecule has 1 aromatic rings. The van der Waals surface area contributed by atoms with Crippen LogP contribution in [0.25, 0.3) is 0 Å². The first-order valence-electron chi connectivity index (χ1n) is 5.11. The van der Waals surface area contributed by atoms with E-state index in [1.54, 1.807) is 12.1 Å². The van der Waals surface area contributed by atoms with Gasteiger partial charge >= 0.3 is 0 Å². The van der Waals surface area contributed by atoms with E-state index in [2.05, 4.69) is 11.4 Å². The molecule has 1 aliphatic rings. The second-order valence-electron chi connectivity index (χ2n) is 3.71. The van der Waals surface area contributed by atoms with E-state index in [4.69, 9.17) is 10.00 Å². The molecule has 4 heteroatoms. The van der Waals surface area contributed by atoms with Gasteiger partial charge in [0.2, 0.25) is 0 Å². The summed E-state index contributed by atoms with van der Waals surface area (Å²) in [5.41, 5.74) is 2.24. The van der Waals surface area contributed by atoms with E-state index in [9.17, 15) is 4.79 Å². The number of carbonyl (C=O) groups excluding carboxylic acids is 1. The zero-order valence-electron chi connectivity index (χ0n) is 8.99. The number of hydrogen-bond donors (Lipinski definition) is 1. The third kappa shape index (κ3) is 1.61. The minimum atomic E-state index is -0.116. The Morgan fingerprint density at radius 3 is 3.06 bits per heavy atom. The van der Waals surface area contributed by atoms with Gasteiger partial charge in [0, 0.05) is 24.2 Å². The highest BCUT2D eigenvalue weighted by molar-refractivity contribution is 5.73. The summed E-state index contributed by atoms with van der Waals surface area (Å²) in [4.78, 5) is 10.9. The van der Waals surface area contributed by atoms with Crippen molar-refractivity contribution in [2.24, 2.45) is 0 Å². The number of hydrogen-bond acceptors (Lipinski definition) is 4. The molecule has 1 unspecified atom stereocenters. The average molecular weight is 216 g/mol. The summed E-state index contributed by atoms with van der Waals surface area (Å²) < 4.78 is 5.12. The molecule has 0 fully saturated rings. The van der Waals surface area contributed by atoms with Gasteiger partial charge in [0.1, 0.15) is 18.1 Å². The van der Waals surface area contributed by atoms with Crippen LogP contribution in [0.5, 0.6) is 5.75 Å². The lowest BCUT2D eigenvalue weighted by atomic mass is 9.91. The number of nitrogens with one attached hydrogen (secondary N) is 1. The molecule has 0 aliphatic carbocycles. The second kappa shape index (κ2) is 4.23. The molecule has 2 rings (SSSR count). The number of fused-ring (bicyclic) bond motifs is 1. The maximum absolute atomic E-state index is 10.9. The third-order valence-corrected chi connectivity index (χ3v) is 2.83. The van der Waals surface area contributed by atoms with Gasteiger partial charge in [0.25, 0.3) is 0 Å². The van der Waals surface area contributed by atoms with Crippen molar-refractivity contribution in [3.63, 3.8) is 0 Å². The van der Waals surface area contributed by atoms with Crippen molar-refractivity contribution < 1.29 is 9.53 Å². The highest BCUT2D eigenvalue weighted by atomic mass is 16.5. The van der Waals surface area contributed by atoms with Gasteiger partial charge in [-0.25, -0.2) is 0 Å². The molecule has 1 aromatic carbocycles. The van der Waals surface area contributed by atoms with Crippen LogP contribution in [0, 0.1) is 11.3 Å². The Hall–Kier alpha value is -2.02. The molecule has 82 valence electrons. The standard InChI is InChI=1S/C12H12N2O2/c1-16-12-5-11-10(4-9(12)6-13)8(7-15)2-3-14-11/h4-5,7-8,14H,2-3H2,1H3. The Labute approximate surface area is 93.8 Å². The van der Waals surface area contributed by atoms with Crippen LogP contribution < -0.4 is 10.1 Å². The van der Waals surface area contributed by atoms with Crippen molar-refractivity contribution >= 4 is 12.0 Å². The highest BCUT2D eigenvalue weighted by Crippen LogP contribution is 2.35. The zero-order valence-corrected chi connectivity index (χ0v) is 8.99. The number of benzene rings is 1.